The molecule has 2 rings (SSSR count). The maximum atomic E-state index is 12.4. The van der Waals surface area contributed by atoms with Gasteiger partial charge < -0.3 is 10.1 Å². The zero-order valence-electron chi connectivity index (χ0n) is 15.6. The van der Waals surface area contributed by atoms with Gasteiger partial charge in [0.2, 0.25) is 6.54 Å². The predicted molar refractivity (Wildman–Crippen MR) is 100 cm³/mol. The molecule has 0 aliphatic carbocycles. The van der Waals surface area contributed by atoms with Crippen molar-refractivity contribution < 1.29 is 28.5 Å². The number of amides is 1. The van der Waals surface area contributed by atoms with E-state index < -0.39 is 5.97 Å². The number of ketones is 2. The molecule has 27 heavy (non-hydrogen) atoms. The molecule has 1 N–H and O–H groups in total. The van der Waals surface area contributed by atoms with E-state index in [1.165, 1.54) is 13.8 Å². The molecule has 0 aliphatic heterocycles. The van der Waals surface area contributed by atoms with Crippen molar-refractivity contribution in [2.75, 3.05) is 11.9 Å². The number of nitrogens with one attached hydrogen (secondary N) is 1. The lowest BCUT2D eigenvalue weighted by molar-refractivity contribution is -0.684. The number of aromatic nitrogens is 1. The third-order valence-electron chi connectivity index (χ3n) is 3.79. The van der Waals surface area contributed by atoms with Crippen molar-refractivity contribution >= 4 is 39.8 Å². The summed E-state index contributed by atoms with van der Waals surface area (Å²) in [5, 5.41) is 2.97. The second-order valence-electron chi connectivity index (χ2n) is 5.91. The van der Waals surface area contributed by atoms with Crippen LogP contribution in [0.1, 0.15) is 56.7 Å². The van der Waals surface area contributed by atoms with Crippen LogP contribution >= 0.6 is 11.3 Å². The van der Waals surface area contributed by atoms with Crippen LogP contribution in [0.25, 0.3) is 0 Å². The number of rotatable bonds is 7. The average Bonchev–Trinajstić information content (AvgIpc) is 2.91. The lowest BCUT2D eigenvalue weighted by atomic mass is 10.1. The fourth-order valence-corrected chi connectivity index (χ4v) is 3.65. The molecule has 0 bridgehead atoms. The minimum atomic E-state index is -0.583. The Hall–Kier alpha value is -2.87. The first-order valence-electron chi connectivity index (χ1n) is 8.35. The molecule has 0 saturated carbocycles. The second kappa shape index (κ2) is 8.68. The average molecular weight is 389 g/mol. The van der Waals surface area contributed by atoms with Crippen LogP contribution in [-0.2, 0) is 16.1 Å². The second-order valence-corrected chi connectivity index (χ2v) is 6.93. The van der Waals surface area contributed by atoms with E-state index in [2.05, 4.69) is 5.32 Å². The molecule has 0 aromatic carbocycles. The molecule has 0 saturated heterocycles. The maximum absolute atomic E-state index is 12.4. The van der Waals surface area contributed by atoms with Crippen LogP contribution in [0, 0.1) is 6.92 Å². The van der Waals surface area contributed by atoms with Crippen LogP contribution in [0.15, 0.2) is 24.5 Å². The third-order valence-corrected chi connectivity index (χ3v) is 5.10. The van der Waals surface area contributed by atoms with E-state index in [0.717, 1.165) is 11.3 Å². The normalized spacial score (nSPS) is 10.4. The Morgan fingerprint density at radius 2 is 1.89 bits per heavy atom. The fraction of sp³-hybridized carbons (Fsp3) is 0.316. The Bertz CT molecular complexity index is 917. The Kier molecular flexibility index (Phi) is 6.57. The lowest BCUT2D eigenvalue weighted by Crippen LogP contribution is -2.40. The molecule has 7 nitrogen and oxygen atoms in total. The minimum Gasteiger partial charge on any atom is -0.462 e. The maximum Gasteiger partial charge on any atom is 0.341 e. The monoisotopic (exact) mass is 389 g/mol. The summed E-state index contributed by atoms with van der Waals surface area (Å²) in [5.74, 6) is -1.26. The standard InChI is InChI=1S/C19H20N2O5S/c1-5-26-19(25)16-11(2)17(13(4)23)27-18(16)20-15(24)10-21-8-6-7-14(9-21)12(3)22/h6-9H,5,10H2,1-4H3/p+1. The molecule has 1 amide bonds. The topological polar surface area (TPSA) is 93.4 Å². The molecular formula is C19H21N2O5S+. The fourth-order valence-electron chi connectivity index (χ4n) is 2.55. The van der Waals surface area contributed by atoms with E-state index in [1.807, 2.05) is 0 Å². The molecule has 0 fully saturated rings. The molecule has 2 aromatic rings. The van der Waals surface area contributed by atoms with Gasteiger partial charge in [-0.3, -0.25) is 14.4 Å². The predicted octanol–water partition coefficient (Wildman–Crippen LogP) is 2.56. The molecule has 142 valence electrons. The van der Waals surface area contributed by atoms with Crippen LogP contribution in [0.4, 0.5) is 5.00 Å². The Morgan fingerprint density at radius 1 is 1.19 bits per heavy atom. The Balaban J connectivity index is 2.27. The van der Waals surface area contributed by atoms with Crippen molar-refractivity contribution in [3.63, 3.8) is 0 Å². The van der Waals surface area contributed by atoms with Crippen LogP contribution in [0.5, 0.6) is 0 Å². The molecule has 0 spiro atoms. The van der Waals surface area contributed by atoms with E-state index in [9.17, 15) is 19.2 Å². The van der Waals surface area contributed by atoms with Gasteiger partial charge in [-0.15, -0.1) is 11.3 Å². The number of carbonyl (C=O) groups is 4. The smallest absolute Gasteiger partial charge is 0.341 e. The molecule has 0 radical (unpaired) electrons. The van der Waals surface area contributed by atoms with Crippen molar-refractivity contribution in [1.82, 2.24) is 0 Å². The number of Topliss-reactive ketones (excluding diaryl/α,β-unsaturated/α-hetero) is 2. The molecule has 2 heterocycles. The number of hydrogen-bond acceptors (Lipinski definition) is 6. The summed E-state index contributed by atoms with van der Waals surface area (Å²) in [7, 11) is 0. The van der Waals surface area contributed by atoms with Gasteiger partial charge in [0.05, 0.1) is 22.6 Å². The number of carbonyl (C=O) groups excluding carboxylic acids is 4. The number of esters is 1. The highest BCUT2D eigenvalue weighted by atomic mass is 32.1. The SMILES string of the molecule is CCOC(=O)c1c(NC(=O)C[n+]2cccc(C(C)=O)c2)sc(C(C)=O)c1C. The summed E-state index contributed by atoms with van der Waals surface area (Å²) in [6.07, 6.45) is 3.24. The van der Waals surface area contributed by atoms with Gasteiger partial charge in [0.25, 0.3) is 5.91 Å². The number of pyridine rings is 1. The van der Waals surface area contributed by atoms with Gasteiger partial charge in [0.1, 0.15) is 5.00 Å². The highest BCUT2D eigenvalue weighted by Gasteiger charge is 2.26. The first-order chi connectivity index (χ1) is 12.7. The van der Waals surface area contributed by atoms with Crippen molar-refractivity contribution in [2.45, 2.75) is 34.2 Å². The summed E-state index contributed by atoms with van der Waals surface area (Å²) in [4.78, 5) is 48.4. The van der Waals surface area contributed by atoms with Crippen molar-refractivity contribution in [3.8, 4) is 0 Å². The van der Waals surface area contributed by atoms with Crippen LogP contribution in [0.3, 0.4) is 0 Å². The zero-order valence-corrected chi connectivity index (χ0v) is 16.4. The van der Waals surface area contributed by atoms with Gasteiger partial charge in [-0.2, -0.15) is 4.57 Å². The van der Waals surface area contributed by atoms with Crippen molar-refractivity contribution in [1.29, 1.82) is 0 Å². The van der Waals surface area contributed by atoms with E-state index >= 15 is 0 Å². The first-order valence-corrected chi connectivity index (χ1v) is 9.17. The lowest BCUT2D eigenvalue weighted by Gasteiger charge is -2.06. The van der Waals surface area contributed by atoms with Gasteiger partial charge in [-0.25, -0.2) is 4.79 Å². The highest BCUT2D eigenvalue weighted by molar-refractivity contribution is 7.18. The molecular weight excluding hydrogens is 368 g/mol. The quantitative estimate of drug-likeness (QED) is 0.446. The summed E-state index contributed by atoms with van der Waals surface area (Å²) in [6, 6.07) is 3.34. The number of hydrogen-bond donors (Lipinski definition) is 1. The molecule has 2 aromatic heterocycles. The van der Waals surface area contributed by atoms with Crippen LogP contribution < -0.4 is 9.88 Å². The van der Waals surface area contributed by atoms with Crippen molar-refractivity contribution in [3.05, 3.63) is 46.1 Å². The van der Waals surface area contributed by atoms with Crippen LogP contribution in [-0.4, -0.2) is 30.0 Å². The largest absolute Gasteiger partial charge is 0.462 e. The van der Waals surface area contributed by atoms with Crippen LogP contribution in [0.2, 0.25) is 0 Å². The summed E-state index contributed by atoms with van der Waals surface area (Å²) in [6.45, 7) is 6.33. The summed E-state index contributed by atoms with van der Waals surface area (Å²) < 4.78 is 6.62. The Morgan fingerprint density at radius 3 is 2.48 bits per heavy atom. The van der Waals surface area contributed by atoms with Crippen molar-refractivity contribution in [2.24, 2.45) is 0 Å². The van der Waals surface area contributed by atoms with Gasteiger partial charge >= 0.3 is 5.97 Å². The van der Waals surface area contributed by atoms with E-state index in [1.54, 1.807) is 42.9 Å². The molecule has 0 unspecified atom stereocenters. The van der Waals surface area contributed by atoms with E-state index in [0.29, 0.717) is 16.0 Å². The van der Waals surface area contributed by atoms with Gasteiger partial charge in [-0.05, 0) is 39.3 Å². The number of nitrogens with zero attached hydrogens (tertiary/aromatic N) is 1. The van der Waals surface area contributed by atoms with E-state index in [-0.39, 0.29) is 41.2 Å². The molecule has 0 atom stereocenters. The van der Waals surface area contributed by atoms with Gasteiger partial charge in [-0.1, -0.05) is 0 Å². The Labute approximate surface area is 161 Å². The minimum absolute atomic E-state index is 0.0459. The molecule has 8 heteroatoms. The first kappa shape index (κ1) is 20.4. The van der Waals surface area contributed by atoms with Gasteiger partial charge in [0.15, 0.2) is 24.0 Å². The summed E-state index contributed by atoms with van der Waals surface area (Å²) >= 11 is 1.05. The molecule has 0 aliphatic rings. The zero-order chi connectivity index (χ0) is 20.1. The number of anilines is 1. The number of thiophene rings is 1. The van der Waals surface area contributed by atoms with Gasteiger partial charge in [0, 0.05) is 6.07 Å². The summed E-state index contributed by atoms with van der Waals surface area (Å²) in [5.41, 5.74) is 1.18. The highest BCUT2D eigenvalue weighted by Crippen LogP contribution is 2.34. The number of ether oxygens (including phenoxy) is 1. The third kappa shape index (κ3) is 4.85. The van der Waals surface area contributed by atoms with E-state index in [4.69, 9.17) is 4.74 Å².